The molecule has 7 heteroatoms. The lowest BCUT2D eigenvalue weighted by atomic mass is 10.2. The van der Waals surface area contributed by atoms with Crippen molar-refractivity contribution >= 4 is 18.3 Å². The Morgan fingerprint density at radius 3 is 2.91 bits per heavy atom. The summed E-state index contributed by atoms with van der Waals surface area (Å²) < 4.78 is 31.2. The number of carbonyl (C=O) groups is 1. The summed E-state index contributed by atoms with van der Waals surface area (Å²) >= 11 is 0. The quantitative estimate of drug-likeness (QED) is 0.753. The van der Waals surface area contributed by atoms with Crippen molar-refractivity contribution in [1.82, 2.24) is 10.6 Å². The van der Waals surface area contributed by atoms with E-state index in [1.54, 1.807) is 0 Å². The van der Waals surface area contributed by atoms with Gasteiger partial charge in [-0.3, -0.25) is 4.79 Å². The van der Waals surface area contributed by atoms with Crippen LogP contribution in [0.25, 0.3) is 0 Å². The van der Waals surface area contributed by atoms with E-state index >= 15 is 0 Å². The van der Waals surface area contributed by atoms with Crippen LogP contribution in [-0.4, -0.2) is 31.6 Å². The molecule has 1 aliphatic rings. The van der Waals surface area contributed by atoms with Gasteiger partial charge in [-0.1, -0.05) is 0 Å². The van der Waals surface area contributed by atoms with Crippen LogP contribution in [0.3, 0.4) is 0 Å². The first-order valence-corrected chi connectivity index (χ1v) is 7.23. The van der Waals surface area contributed by atoms with Crippen molar-refractivity contribution in [3.05, 3.63) is 29.8 Å². The summed E-state index contributed by atoms with van der Waals surface area (Å²) in [6.45, 7) is 1.88. The van der Waals surface area contributed by atoms with Crippen LogP contribution in [0.15, 0.2) is 18.2 Å². The number of amides is 1. The Hall–Kier alpha value is -1.40. The molecule has 0 aliphatic carbocycles. The predicted octanol–water partition coefficient (Wildman–Crippen LogP) is 2.41. The molecule has 1 saturated heterocycles. The van der Waals surface area contributed by atoms with Crippen LogP contribution in [0.1, 0.15) is 25.7 Å². The van der Waals surface area contributed by atoms with Crippen molar-refractivity contribution in [3.8, 4) is 5.75 Å². The highest BCUT2D eigenvalue weighted by atomic mass is 35.5. The predicted molar refractivity (Wildman–Crippen MR) is 82.4 cm³/mol. The van der Waals surface area contributed by atoms with Crippen molar-refractivity contribution in [3.63, 3.8) is 0 Å². The molecule has 0 spiro atoms. The highest BCUT2D eigenvalue weighted by Crippen LogP contribution is 2.17. The van der Waals surface area contributed by atoms with Crippen LogP contribution in [0.2, 0.25) is 0 Å². The molecule has 124 valence electrons. The summed E-state index contributed by atoms with van der Waals surface area (Å²) in [6, 6.07) is 3.53. The number of halogens is 3. The van der Waals surface area contributed by atoms with Gasteiger partial charge in [-0.05, 0) is 37.9 Å². The van der Waals surface area contributed by atoms with E-state index in [0.29, 0.717) is 25.4 Å². The SMILES string of the molecule is Cl.O=C(CCCOc1ccc(F)cc1F)NCC1CCCN1. The molecule has 4 nitrogen and oxygen atoms in total. The number of hydrogen-bond donors (Lipinski definition) is 2. The maximum Gasteiger partial charge on any atom is 0.220 e. The summed E-state index contributed by atoms with van der Waals surface area (Å²) in [5.74, 6) is -1.40. The Balaban J connectivity index is 0.00000242. The Kier molecular flexibility index (Phi) is 8.12. The van der Waals surface area contributed by atoms with Crippen LogP contribution in [0.5, 0.6) is 5.75 Å². The van der Waals surface area contributed by atoms with Crippen molar-refractivity contribution in [2.24, 2.45) is 0 Å². The first kappa shape index (κ1) is 18.6. The number of carbonyl (C=O) groups excluding carboxylic acids is 1. The third-order valence-corrected chi connectivity index (χ3v) is 3.41. The van der Waals surface area contributed by atoms with E-state index < -0.39 is 11.6 Å². The van der Waals surface area contributed by atoms with Gasteiger partial charge in [-0.2, -0.15) is 0 Å². The lowest BCUT2D eigenvalue weighted by Gasteiger charge is -2.11. The van der Waals surface area contributed by atoms with Gasteiger partial charge in [0.2, 0.25) is 5.91 Å². The fourth-order valence-corrected chi connectivity index (χ4v) is 2.26. The minimum atomic E-state index is -0.730. The van der Waals surface area contributed by atoms with E-state index in [0.717, 1.165) is 31.5 Å². The molecule has 22 heavy (non-hydrogen) atoms. The van der Waals surface area contributed by atoms with E-state index in [-0.39, 0.29) is 30.7 Å². The standard InChI is InChI=1S/C15H20F2N2O2.ClH/c16-11-5-6-14(13(17)9-11)21-8-2-4-15(20)19-10-12-3-1-7-18-12;/h5-6,9,12,18H,1-4,7-8,10H2,(H,19,20);1H. The van der Waals surface area contributed by atoms with Gasteiger partial charge in [0, 0.05) is 25.1 Å². The number of ether oxygens (including phenoxy) is 1. The molecule has 0 bridgehead atoms. The molecule has 1 fully saturated rings. The molecular formula is C15H21ClF2N2O2. The second-order valence-corrected chi connectivity index (χ2v) is 5.12. The smallest absolute Gasteiger partial charge is 0.220 e. The van der Waals surface area contributed by atoms with Gasteiger partial charge in [0.1, 0.15) is 5.82 Å². The molecule has 1 aromatic rings. The lowest BCUT2D eigenvalue weighted by Crippen LogP contribution is -2.37. The van der Waals surface area contributed by atoms with Crippen molar-refractivity contribution in [2.75, 3.05) is 19.7 Å². The summed E-state index contributed by atoms with van der Waals surface area (Å²) in [6.07, 6.45) is 3.06. The van der Waals surface area contributed by atoms with Crippen LogP contribution in [0, 0.1) is 11.6 Å². The Labute approximate surface area is 135 Å². The molecule has 1 atom stereocenters. The third kappa shape index (κ3) is 6.15. The van der Waals surface area contributed by atoms with E-state index in [1.165, 1.54) is 6.07 Å². The summed E-state index contributed by atoms with van der Waals surface area (Å²) in [4.78, 5) is 11.6. The van der Waals surface area contributed by atoms with Crippen molar-refractivity contribution in [1.29, 1.82) is 0 Å². The number of hydrogen-bond acceptors (Lipinski definition) is 3. The normalized spacial score (nSPS) is 16.9. The van der Waals surface area contributed by atoms with Crippen molar-refractivity contribution < 1.29 is 18.3 Å². The molecule has 2 N–H and O–H groups in total. The van der Waals surface area contributed by atoms with E-state index in [9.17, 15) is 13.6 Å². The molecule has 1 heterocycles. The molecule has 0 saturated carbocycles. The molecule has 0 radical (unpaired) electrons. The van der Waals surface area contributed by atoms with Gasteiger partial charge in [0.15, 0.2) is 11.6 Å². The maximum absolute atomic E-state index is 13.3. The monoisotopic (exact) mass is 334 g/mol. The van der Waals surface area contributed by atoms with E-state index in [2.05, 4.69) is 10.6 Å². The zero-order valence-corrected chi connectivity index (χ0v) is 13.1. The fourth-order valence-electron chi connectivity index (χ4n) is 2.26. The Morgan fingerprint density at radius 2 is 2.23 bits per heavy atom. The Morgan fingerprint density at radius 1 is 1.41 bits per heavy atom. The average molecular weight is 335 g/mol. The van der Waals surface area contributed by atoms with E-state index in [1.807, 2.05) is 0 Å². The van der Waals surface area contributed by atoms with Crippen LogP contribution < -0.4 is 15.4 Å². The molecular weight excluding hydrogens is 314 g/mol. The van der Waals surface area contributed by atoms with Gasteiger partial charge in [0.25, 0.3) is 0 Å². The van der Waals surface area contributed by atoms with Gasteiger partial charge in [0.05, 0.1) is 6.61 Å². The summed E-state index contributed by atoms with van der Waals surface area (Å²) in [7, 11) is 0. The highest BCUT2D eigenvalue weighted by Gasteiger charge is 2.14. The third-order valence-electron chi connectivity index (χ3n) is 3.41. The molecule has 1 aromatic carbocycles. The maximum atomic E-state index is 13.3. The molecule has 1 aliphatic heterocycles. The van der Waals surface area contributed by atoms with Crippen LogP contribution in [-0.2, 0) is 4.79 Å². The van der Waals surface area contributed by atoms with Gasteiger partial charge in [-0.15, -0.1) is 12.4 Å². The zero-order valence-electron chi connectivity index (χ0n) is 12.2. The zero-order chi connectivity index (χ0) is 15.1. The Bertz CT molecular complexity index is 483. The second kappa shape index (κ2) is 9.58. The lowest BCUT2D eigenvalue weighted by molar-refractivity contribution is -0.121. The minimum Gasteiger partial charge on any atom is -0.491 e. The molecule has 2 rings (SSSR count). The first-order valence-electron chi connectivity index (χ1n) is 7.23. The van der Waals surface area contributed by atoms with Gasteiger partial charge in [-0.25, -0.2) is 8.78 Å². The second-order valence-electron chi connectivity index (χ2n) is 5.12. The van der Waals surface area contributed by atoms with Crippen LogP contribution in [0.4, 0.5) is 8.78 Å². The van der Waals surface area contributed by atoms with Crippen LogP contribution >= 0.6 is 12.4 Å². The molecule has 0 aromatic heterocycles. The average Bonchev–Trinajstić information content (AvgIpc) is 2.96. The highest BCUT2D eigenvalue weighted by molar-refractivity contribution is 5.85. The van der Waals surface area contributed by atoms with Gasteiger partial charge < -0.3 is 15.4 Å². The number of benzene rings is 1. The number of nitrogens with one attached hydrogen (secondary N) is 2. The summed E-state index contributed by atoms with van der Waals surface area (Å²) in [5, 5.41) is 6.16. The molecule has 1 amide bonds. The van der Waals surface area contributed by atoms with Gasteiger partial charge >= 0.3 is 0 Å². The minimum absolute atomic E-state index is 0. The molecule has 1 unspecified atom stereocenters. The number of rotatable bonds is 7. The van der Waals surface area contributed by atoms with E-state index in [4.69, 9.17) is 4.74 Å². The van der Waals surface area contributed by atoms with Crippen molar-refractivity contribution in [2.45, 2.75) is 31.7 Å². The fraction of sp³-hybridized carbons (Fsp3) is 0.533. The topological polar surface area (TPSA) is 50.4 Å². The summed E-state index contributed by atoms with van der Waals surface area (Å²) in [5.41, 5.74) is 0. The largest absolute Gasteiger partial charge is 0.491 e. The first-order chi connectivity index (χ1) is 10.1.